The second-order valence-corrected chi connectivity index (χ2v) is 7.09. The van der Waals surface area contributed by atoms with Gasteiger partial charge in [-0.05, 0) is 26.2 Å². The fourth-order valence-electron chi connectivity index (χ4n) is 3.63. The molecule has 8 nitrogen and oxygen atoms in total. The number of carbonyl (C=O) groups excluding carboxylic acids is 4. The van der Waals surface area contributed by atoms with Crippen LogP contribution in [0, 0.1) is 11.3 Å². The Balaban J connectivity index is 6.92. The van der Waals surface area contributed by atoms with E-state index in [0.29, 0.717) is 25.7 Å². The molecule has 3 atom stereocenters. The van der Waals surface area contributed by atoms with Gasteiger partial charge in [-0.3, -0.25) is 4.79 Å². The lowest BCUT2D eigenvalue weighted by Crippen LogP contribution is -2.74. The third kappa shape index (κ3) is 5.10. The van der Waals surface area contributed by atoms with Crippen LogP contribution in [0.25, 0.3) is 0 Å². The molecule has 0 aromatic carbocycles. The van der Waals surface area contributed by atoms with E-state index < -0.39 is 47.0 Å². The molecule has 8 heteroatoms. The van der Waals surface area contributed by atoms with Crippen LogP contribution in [-0.4, -0.2) is 35.9 Å². The van der Waals surface area contributed by atoms with Crippen molar-refractivity contribution in [3.8, 4) is 0 Å². The molecule has 0 aliphatic rings. The highest BCUT2D eigenvalue weighted by molar-refractivity contribution is 6.08. The third-order valence-electron chi connectivity index (χ3n) is 5.24. The van der Waals surface area contributed by atoms with E-state index in [0.717, 1.165) is 6.92 Å². The van der Waals surface area contributed by atoms with Gasteiger partial charge in [0.25, 0.3) is 0 Å². The lowest BCUT2D eigenvalue weighted by molar-refractivity contribution is -0.365. The number of ketones is 1. The molecular formula is C20H31O8-3. The molecular weight excluding hydrogens is 368 g/mol. The monoisotopic (exact) mass is 399 g/mol. The van der Waals surface area contributed by atoms with Crippen LogP contribution in [0.1, 0.15) is 79.1 Å². The van der Waals surface area contributed by atoms with Crippen LogP contribution in [0.4, 0.5) is 0 Å². The minimum Gasteiger partial charge on any atom is -0.550 e. The Bertz CT molecular complexity index is 542. The standard InChI is InChI=1S/C20H34O8/c1-5-8-11-15(16(22)23)20(18(26)27,28-13-10-7-3)19(14(4)21,17(24)25)12-9-6-2/h15H,5-13H2,1-4H3,(H,22,23)(H,24,25)(H,26,27)/p-3. The summed E-state index contributed by atoms with van der Waals surface area (Å²) in [6, 6.07) is 0. The maximum atomic E-state index is 12.6. The first kappa shape index (κ1) is 26.0. The van der Waals surface area contributed by atoms with Crippen molar-refractivity contribution in [1.29, 1.82) is 0 Å². The molecule has 0 spiro atoms. The molecule has 0 heterocycles. The molecule has 0 rings (SSSR count). The number of carboxylic acid groups (broad SMARTS) is 3. The molecule has 28 heavy (non-hydrogen) atoms. The fraction of sp³-hybridized carbons (Fsp3) is 0.800. The zero-order valence-corrected chi connectivity index (χ0v) is 17.2. The highest BCUT2D eigenvalue weighted by atomic mass is 16.5. The number of Topliss-reactive ketones (excluding diaryl/α,β-unsaturated/α-hetero) is 1. The van der Waals surface area contributed by atoms with E-state index in [1.54, 1.807) is 20.8 Å². The van der Waals surface area contributed by atoms with Crippen molar-refractivity contribution in [2.75, 3.05) is 6.61 Å². The van der Waals surface area contributed by atoms with E-state index in [2.05, 4.69) is 0 Å². The highest BCUT2D eigenvalue weighted by Gasteiger charge is 2.61. The summed E-state index contributed by atoms with van der Waals surface area (Å²) >= 11 is 0. The first-order valence-corrected chi connectivity index (χ1v) is 9.88. The van der Waals surface area contributed by atoms with Gasteiger partial charge in [-0.25, -0.2) is 0 Å². The zero-order chi connectivity index (χ0) is 22.0. The topological polar surface area (TPSA) is 147 Å². The maximum absolute atomic E-state index is 12.6. The van der Waals surface area contributed by atoms with Crippen molar-refractivity contribution >= 4 is 23.7 Å². The summed E-state index contributed by atoms with van der Waals surface area (Å²) in [6.45, 7) is 5.96. The van der Waals surface area contributed by atoms with Gasteiger partial charge in [0.2, 0.25) is 0 Å². The third-order valence-corrected chi connectivity index (χ3v) is 5.24. The molecule has 0 saturated carbocycles. The van der Waals surface area contributed by atoms with Gasteiger partial charge in [-0.1, -0.05) is 52.9 Å². The van der Waals surface area contributed by atoms with Crippen molar-refractivity contribution in [3.05, 3.63) is 0 Å². The van der Waals surface area contributed by atoms with Crippen LogP contribution in [0.3, 0.4) is 0 Å². The molecule has 162 valence electrons. The Morgan fingerprint density at radius 3 is 1.75 bits per heavy atom. The van der Waals surface area contributed by atoms with Crippen LogP contribution in [0.15, 0.2) is 0 Å². The molecule has 0 aliphatic carbocycles. The van der Waals surface area contributed by atoms with E-state index in [1.807, 2.05) is 0 Å². The molecule has 0 aliphatic heterocycles. The van der Waals surface area contributed by atoms with Gasteiger partial charge in [0.15, 0.2) is 0 Å². The Hall–Kier alpha value is -1.96. The van der Waals surface area contributed by atoms with Gasteiger partial charge in [-0.15, -0.1) is 0 Å². The Morgan fingerprint density at radius 2 is 1.39 bits per heavy atom. The van der Waals surface area contributed by atoms with Crippen LogP contribution < -0.4 is 15.3 Å². The molecule has 0 radical (unpaired) electrons. The average molecular weight is 399 g/mol. The predicted octanol–water partition coefficient (Wildman–Crippen LogP) is -0.636. The molecule has 0 aromatic rings. The van der Waals surface area contributed by atoms with E-state index in [-0.39, 0.29) is 25.9 Å². The van der Waals surface area contributed by atoms with Crippen molar-refractivity contribution in [1.82, 2.24) is 0 Å². The Kier molecular flexibility index (Phi) is 11.0. The minimum absolute atomic E-state index is 0.160. The summed E-state index contributed by atoms with van der Waals surface area (Å²) in [5.41, 5.74) is -5.62. The first-order chi connectivity index (χ1) is 13.1. The normalized spacial score (nSPS) is 16.6. The maximum Gasteiger partial charge on any atom is 0.144 e. The average Bonchev–Trinajstić information content (AvgIpc) is 2.60. The van der Waals surface area contributed by atoms with Gasteiger partial charge in [0.05, 0.1) is 11.9 Å². The lowest BCUT2D eigenvalue weighted by atomic mass is 9.59. The van der Waals surface area contributed by atoms with Crippen LogP contribution in [0.2, 0.25) is 0 Å². The van der Waals surface area contributed by atoms with Crippen molar-refractivity contribution in [2.45, 2.75) is 84.7 Å². The molecule has 0 amide bonds. The summed E-state index contributed by atoms with van der Waals surface area (Å²) in [7, 11) is 0. The Morgan fingerprint density at radius 1 is 0.857 bits per heavy atom. The van der Waals surface area contributed by atoms with Gasteiger partial charge in [0, 0.05) is 18.5 Å². The summed E-state index contributed by atoms with van der Waals surface area (Å²) in [5.74, 6) is -8.74. The van der Waals surface area contributed by atoms with Crippen molar-refractivity contribution in [2.24, 2.45) is 11.3 Å². The molecule has 0 N–H and O–H groups in total. The summed E-state index contributed by atoms with van der Waals surface area (Å²) < 4.78 is 5.51. The van der Waals surface area contributed by atoms with Crippen LogP contribution in [-0.2, 0) is 23.9 Å². The number of unbranched alkanes of at least 4 members (excludes halogenated alkanes) is 3. The second kappa shape index (κ2) is 11.8. The van der Waals surface area contributed by atoms with Gasteiger partial charge >= 0.3 is 0 Å². The van der Waals surface area contributed by atoms with Crippen LogP contribution in [0.5, 0.6) is 0 Å². The van der Waals surface area contributed by atoms with E-state index in [1.165, 1.54) is 0 Å². The molecule has 0 aromatic heterocycles. The van der Waals surface area contributed by atoms with E-state index in [9.17, 15) is 34.5 Å². The molecule has 0 fully saturated rings. The minimum atomic E-state index is -2.92. The summed E-state index contributed by atoms with van der Waals surface area (Å²) in [4.78, 5) is 49.2. The van der Waals surface area contributed by atoms with Crippen molar-refractivity contribution in [3.63, 3.8) is 0 Å². The number of carboxylic acids is 3. The number of aliphatic carboxylic acids is 3. The van der Waals surface area contributed by atoms with Gasteiger partial charge in [-0.2, -0.15) is 0 Å². The number of hydrogen-bond donors (Lipinski definition) is 0. The molecule has 3 unspecified atom stereocenters. The first-order valence-electron chi connectivity index (χ1n) is 9.88. The molecule has 0 bridgehead atoms. The highest BCUT2D eigenvalue weighted by Crippen LogP contribution is 2.47. The zero-order valence-electron chi connectivity index (χ0n) is 17.2. The van der Waals surface area contributed by atoms with E-state index >= 15 is 0 Å². The van der Waals surface area contributed by atoms with Crippen molar-refractivity contribution < 1.29 is 39.2 Å². The number of hydrogen-bond acceptors (Lipinski definition) is 8. The van der Waals surface area contributed by atoms with Gasteiger partial charge < -0.3 is 34.4 Å². The van der Waals surface area contributed by atoms with Crippen LogP contribution >= 0.6 is 0 Å². The quantitative estimate of drug-likeness (QED) is 0.246. The smallest absolute Gasteiger partial charge is 0.144 e. The van der Waals surface area contributed by atoms with Gasteiger partial charge in [0.1, 0.15) is 16.8 Å². The Labute approximate surface area is 166 Å². The second-order valence-electron chi connectivity index (χ2n) is 7.09. The summed E-state index contributed by atoms with van der Waals surface area (Å²) in [6.07, 6.45) is 1.68. The fourth-order valence-corrected chi connectivity index (χ4v) is 3.63. The number of carbonyl (C=O) groups is 4. The number of rotatable bonds is 16. The number of ether oxygens (including phenoxy) is 1. The predicted molar refractivity (Wildman–Crippen MR) is 94.3 cm³/mol. The lowest BCUT2D eigenvalue weighted by Gasteiger charge is -2.54. The SMILES string of the molecule is CCCCOC(C(=O)[O-])(C(CCCC)C(=O)[O-])C(CCCC)(C(C)=O)C(=O)[O-]. The summed E-state index contributed by atoms with van der Waals surface area (Å²) in [5, 5.41) is 36.6. The largest absolute Gasteiger partial charge is 0.550 e. The van der Waals surface area contributed by atoms with E-state index in [4.69, 9.17) is 4.74 Å². The molecule has 0 saturated heterocycles.